The summed E-state index contributed by atoms with van der Waals surface area (Å²) in [5.74, 6) is 0.662. The lowest BCUT2D eigenvalue weighted by molar-refractivity contribution is 1.01. The predicted molar refractivity (Wildman–Crippen MR) is 209 cm³/mol. The van der Waals surface area contributed by atoms with Gasteiger partial charge < -0.3 is 4.57 Å². The van der Waals surface area contributed by atoms with Gasteiger partial charge >= 0.3 is 0 Å². The lowest BCUT2D eigenvalue weighted by Crippen LogP contribution is -2.03. The van der Waals surface area contributed by atoms with E-state index in [-0.39, 0.29) is 0 Å². The molecule has 3 heterocycles. The van der Waals surface area contributed by atoms with Gasteiger partial charge in [-0.05, 0) is 58.6 Å². The van der Waals surface area contributed by atoms with Gasteiger partial charge in [0, 0.05) is 37.9 Å². The van der Waals surface area contributed by atoms with E-state index in [4.69, 9.17) is 9.97 Å². The Hall–Kier alpha value is -6.78. The first-order valence-electron chi connectivity index (χ1n) is 17.0. The molecule has 11 rings (SSSR count). The average molecular weight is 637 g/mol. The minimum atomic E-state index is 0.662. The van der Waals surface area contributed by atoms with Crippen LogP contribution >= 0.6 is 0 Å². The minimum absolute atomic E-state index is 0.662. The number of benzene rings is 8. The standard InChI is InChI=1S/C46H28N4/c1-2-14-31-26-32(25-24-29(31)12-1)45-36-19-5-8-20-39(36)47-46(48-45)50-42-22-10-7-18-35(42)38-27-43-37(28-44(38)50)34-17-6-9-21-41(34)49(43)40-23-11-15-30-13-3-4-16-33(30)40/h1-28H. The molecule has 0 atom stereocenters. The second-order valence-corrected chi connectivity index (χ2v) is 13.0. The smallest absolute Gasteiger partial charge is 0.235 e. The van der Waals surface area contributed by atoms with Crippen molar-refractivity contribution in [2.75, 3.05) is 0 Å². The van der Waals surface area contributed by atoms with E-state index in [1.54, 1.807) is 0 Å². The van der Waals surface area contributed by atoms with Crippen molar-refractivity contribution in [2.45, 2.75) is 0 Å². The number of hydrogen-bond acceptors (Lipinski definition) is 2. The van der Waals surface area contributed by atoms with Crippen LogP contribution in [0.3, 0.4) is 0 Å². The highest BCUT2D eigenvalue weighted by molar-refractivity contribution is 6.19. The highest BCUT2D eigenvalue weighted by Crippen LogP contribution is 2.41. The molecule has 0 unspecified atom stereocenters. The molecule has 0 saturated carbocycles. The molecule has 0 radical (unpaired) electrons. The zero-order valence-electron chi connectivity index (χ0n) is 27.0. The zero-order valence-corrected chi connectivity index (χ0v) is 27.0. The fraction of sp³-hybridized carbons (Fsp3) is 0. The summed E-state index contributed by atoms with van der Waals surface area (Å²) in [5.41, 5.74) is 8.61. The van der Waals surface area contributed by atoms with Gasteiger partial charge in [0.1, 0.15) is 0 Å². The number of nitrogens with zero attached hydrogens (tertiary/aromatic N) is 4. The number of para-hydroxylation sites is 3. The van der Waals surface area contributed by atoms with E-state index in [1.807, 2.05) is 0 Å². The van der Waals surface area contributed by atoms with Crippen molar-refractivity contribution in [3.63, 3.8) is 0 Å². The number of aromatic nitrogens is 4. The van der Waals surface area contributed by atoms with Gasteiger partial charge in [-0.3, -0.25) is 4.57 Å². The molecular formula is C46H28N4. The Labute approximate surface area is 287 Å². The van der Waals surface area contributed by atoms with E-state index in [2.05, 4.69) is 179 Å². The van der Waals surface area contributed by atoms with Crippen LogP contribution < -0.4 is 0 Å². The molecule has 4 nitrogen and oxygen atoms in total. The molecule has 11 aromatic rings. The highest BCUT2D eigenvalue weighted by atomic mass is 15.2. The van der Waals surface area contributed by atoms with Crippen molar-refractivity contribution in [1.29, 1.82) is 0 Å². The highest BCUT2D eigenvalue weighted by Gasteiger charge is 2.21. The Balaban J connectivity index is 1.24. The Morgan fingerprint density at radius 2 is 0.920 bits per heavy atom. The molecular weight excluding hydrogens is 609 g/mol. The summed E-state index contributed by atoms with van der Waals surface area (Å²) in [4.78, 5) is 10.6. The van der Waals surface area contributed by atoms with Gasteiger partial charge in [0.25, 0.3) is 0 Å². The molecule has 0 bridgehead atoms. The van der Waals surface area contributed by atoms with E-state index in [1.165, 1.54) is 59.8 Å². The summed E-state index contributed by atoms with van der Waals surface area (Å²) in [6, 6.07) is 60.8. The first kappa shape index (κ1) is 27.2. The van der Waals surface area contributed by atoms with Gasteiger partial charge in [0.2, 0.25) is 5.95 Å². The third-order valence-electron chi connectivity index (χ3n) is 10.3. The summed E-state index contributed by atoms with van der Waals surface area (Å²) >= 11 is 0. The van der Waals surface area contributed by atoms with Crippen LogP contribution in [0.25, 0.3) is 99.0 Å². The van der Waals surface area contributed by atoms with Crippen LogP contribution in [0.2, 0.25) is 0 Å². The van der Waals surface area contributed by atoms with Gasteiger partial charge in [0.05, 0.1) is 39.0 Å². The summed E-state index contributed by atoms with van der Waals surface area (Å²) in [6.45, 7) is 0. The van der Waals surface area contributed by atoms with Crippen LogP contribution in [0.1, 0.15) is 0 Å². The van der Waals surface area contributed by atoms with Crippen LogP contribution in [-0.4, -0.2) is 19.1 Å². The quantitative estimate of drug-likeness (QED) is 0.193. The second-order valence-electron chi connectivity index (χ2n) is 13.0. The molecule has 0 fully saturated rings. The Kier molecular flexibility index (Phi) is 5.63. The lowest BCUT2D eigenvalue weighted by atomic mass is 10.0. The molecule has 50 heavy (non-hydrogen) atoms. The summed E-state index contributed by atoms with van der Waals surface area (Å²) in [5, 5.41) is 10.6. The molecule has 3 aromatic heterocycles. The lowest BCUT2D eigenvalue weighted by Gasteiger charge is -2.13. The first-order chi connectivity index (χ1) is 24.8. The predicted octanol–water partition coefficient (Wildman–Crippen LogP) is 11.8. The summed E-state index contributed by atoms with van der Waals surface area (Å²) in [7, 11) is 0. The fourth-order valence-electron chi connectivity index (χ4n) is 8.03. The van der Waals surface area contributed by atoms with Crippen LogP contribution in [0.4, 0.5) is 0 Å². The van der Waals surface area contributed by atoms with Gasteiger partial charge in [-0.1, -0.05) is 127 Å². The maximum absolute atomic E-state index is 5.40. The van der Waals surface area contributed by atoms with Crippen molar-refractivity contribution < 1.29 is 0 Å². The molecule has 0 aliphatic carbocycles. The van der Waals surface area contributed by atoms with E-state index in [0.29, 0.717) is 5.95 Å². The van der Waals surface area contributed by atoms with E-state index in [9.17, 15) is 0 Å². The monoisotopic (exact) mass is 636 g/mol. The molecule has 8 aromatic carbocycles. The number of fused-ring (bicyclic) bond motifs is 9. The molecule has 0 spiro atoms. The van der Waals surface area contributed by atoms with E-state index in [0.717, 1.165) is 33.2 Å². The topological polar surface area (TPSA) is 35.6 Å². The van der Waals surface area contributed by atoms with Crippen molar-refractivity contribution in [1.82, 2.24) is 19.1 Å². The fourth-order valence-corrected chi connectivity index (χ4v) is 8.03. The van der Waals surface area contributed by atoms with Crippen molar-refractivity contribution in [3.8, 4) is 22.9 Å². The maximum Gasteiger partial charge on any atom is 0.235 e. The summed E-state index contributed by atoms with van der Waals surface area (Å²) in [6.07, 6.45) is 0. The van der Waals surface area contributed by atoms with E-state index >= 15 is 0 Å². The van der Waals surface area contributed by atoms with Crippen molar-refractivity contribution >= 4 is 76.1 Å². The molecule has 0 saturated heterocycles. The van der Waals surface area contributed by atoms with Crippen LogP contribution in [0, 0.1) is 0 Å². The Morgan fingerprint density at radius 1 is 0.340 bits per heavy atom. The van der Waals surface area contributed by atoms with Gasteiger partial charge in [0.15, 0.2) is 0 Å². The zero-order chi connectivity index (χ0) is 32.8. The SMILES string of the molecule is c1ccc2cc(-c3nc(-n4c5ccccc5c5cc6c(cc54)c4ccccc4n6-c4cccc5ccccc45)nc4ccccc34)ccc2c1. The maximum atomic E-state index is 5.40. The molecule has 4 heteroatoms. The average Bonchev–Trinajstić information content (AvgIpc) is 3.68. The summed E-state index contributed by atoms with van der Waals surface area (Å²) < 4.78 is 4.69. The molecule has 0 N–H and O–H groups in total. The van der Waals surface area contributed by atoms with Crippen LogP contribution in [0.15, 0.2) is 170 Å². The third kappa shape index (κ3) is 3.87. The Morgan fingerprint density at radius 3 is 1.70 bits per heavy atom. The largest absolute Gasteiger partial charge is 0.309 e. The van der Waals surface area contributed by atoms with Crippen LogP contribution in [0.5, 0.6) is 0 Å². The molecule has 0 amide bonds. The van der Waals surface area contributed by atoms with E-state index < -0.39 is 0 Å². The molecule has 0 aliphatic rings. The van der Waals surface area contributed by atoms with Gasteiger partial charge in [-0.25, -0.2) is 9.97 Å². The molecule has 232 valence electrons. The number of rotatable bonds is 3. The van der Waals surface area contributed by atoms with Crippen LogP contribution in [-0.2, 0) is 0 Å². The normalized spacial score (nSPS) is 12.0. The Bertz CT molecular complexity index is 3160. The first-order valence-corrected chi connectivity index (χ1v) is 17.0. The second kappa shape index (κ2) is 10.4. The van der Waals surface area contributed by atoms with Gasteiger partial charge in [-0.2, -0.15) is 0 Å². The molecule has 0 aliphatic heterocycles. The van der Waals surface area contributed by atoms with Crippen molar-refractivity contribution in [2.24, 2.45) is 0 Å². The third-order valence-corrected chi connectivity index (χ3v) is 10.3. The minimum Gasteiger partial charge on any atom is -0.309 e. The van der Waals surface area contributed by atoms with Gasteiger partial charge in [-0.15, -0.1) is 0 Å². The number of hydrogen-bond donors (Lipinski definition) is 0. The van der Waals surface area contributed by atoms with Crippen molar-refractivity contribution in [3.05, 3.63) is 170 Å².